The van der Waals surface area contributed by atoms with E-state index >= 15 is 0 Å². The summed E-state index contributed by atoms with van der Waals surface area (Å²) in [6.45, 7) is -2.80. The number of hydrogen-bond acceptors (Lipinski definition) is 2. The number of alkyl halides is 2. The van der Waals surface area contributed by atoms with Crippen molar-refractivity contribution >= 4 is 25.4 Å². The van der Waals surface area contributed by atoms with Crippen molar-refractivity contribution in [1.82, 2.24) is 4.98 Å². The van der Waals surface area contributed by atoms with Gasteiger partial charge in [-0.25, -0.2) is 0 Å². The summed E-state index contributed by atoms with van der Waals surface area (Å²) in [5.41, 5.74) is 0. The molecule has 0 aliphatic heterocycles. The van der Waals surface area contributed by atoms with Gasteiger partial charge < -0.3 is 12.4 Å². The van der Waals surface area contributed by atoms with Crippen LogP contribution in [0.25, 0.3) is 0 Å². The van der Waals surface area contributed by atoms with Crippen LogP contribution in [0, 0.1) is 0 Å². The Hall–Kier alpha value is -0.134. The van der Waals surface area contributed by atoms with Crippen molar-refractivity contribution in [3.63, 3.8) is 0 Å². The minimum atomic E-state index is -2.80. The minimum Gasteiger partial charge on any atom is -1.00 e. The first-order valence-electron chi connectivity index (χ1n) is 2.91. The third-order valence-electron chi connectivity index (χ3n) is 1.01. The molecule has 0 amide bonds. The van der Waals surface area contributed by atoms with Crippen LogP contribution in [0.3, 0.4) is 0 Å². The number of hydrogen-bond donors (Lipinski definition) is 0. The third kappa shape index (κ3) is 4.03. The standard InChI is InChI=1S/C6H4F2NO.ClH.Mg/c7-6(8)10-5-3-1-2-4-9-5;;/h2-4,6H;1H;/q;;+1/p-1. The quantitative estimate of drug-likeness (QED) is 0.496. The van der Waals surface area contributed by atoms with Crippen LogP contribution in [0.1, 0.15) is 0 Å². The van der Waals surface area contributed by atoms with E-state index in [9.17, 15) is 8.78 Å². The molecule has 0 N–H and O–H groups in total. The predicted molar refractivity (Wildman–Crippen MR) is 36.3 cm³/mol. The van der Waals surface area contributed by atoms with E-state index in [1.807, 2.05) is 0 Å². The van der Waals surface area contributed by atoms with Crippen LogP contribution in [0.5, 0.6) is 5.88 Å². The van der Waals surface area contributed by atoms with Crippen molar-refractivity contribution in [2.75, 3.05) is 0 Å². The largest absolute Gasteiger partial charge is 1.00 e. The maximum absolute atomic E-state index is 11.6. The van der Waals surface area contributed by atoms with Crippen LogP contribution in [-0.4, -0.2) is 33.3 Å². The molecule has 0 radical (unpaired) electrons. The molecule has 2 nitrogen and oxygen atoms in total. The van der Waals surface area contributed by atoms with E-state index < -0.39 is 6.61 Å². The average molecular weight is 204 g/mol. The molecule has 0 fully saturated rings. The molecule has 0 unspecified atom stereocenters. The summed E-state index contributed by atoms with van der Waals surface area (Å²) >= 11 is 1.58. The molecule has 0 aliphatic carbocycles. The molecule has 6 heteroatoms. The first kappa shape index (κ1) is 11.9. The Morgan fingerprint density at radius 3 is 2.67 bits per heavy atom. The topological polar surface area (TPSA) is 22.1 Å². The van der Waals surface area contributed by atoms with Gasteiger partial charge in [-0.05, 0) is 0 Å². The van der Waals surface area contributed by atoms with Gasteiger partial charge in [0, 0.05) is 0 Å². The molecule has 62 valence electrons. The summed E-state index contributed by atoms with van der Waals surface area (Å²) in [7, 11) is 0. The number of rotatable bonds is 2. The summed E-state index contributed by atoms with van der Waals surface area (Å²) < 4.78 is 28.1. The van der Waals surface area contributed by atoms with Crippen molar-refractivity contribution < 1.29 is 25.9 Å². The van der Waals surface area contributed by atoms with Gasteiger partial charge in [0.25, 0.3) is 0 Å². The van der Waals surface area contributed by atoms with E-state index in [-0.39, 0.29) is 18.3 Å². The second-order valence-corrected chi connectivity index (χ2v) is 2.70. The van der Waals surface area contributed by atoms with Crippen LogP contribution in [-0.2, 0) is 0 Å². The zero-order valence-electron chi connectivity index (χ0n) is 6.01. The Kier molecular flexibility index (Phi) is 5.44. The van der Waals surface area contributed by atoms with Crippen molar-refractivity contribution in [3.05, 3.63) is 18.3 Å². The maximum Gasteiger partial charge on any atom is -1.00 e. The zero-order valence-corrected chi connectivity index (χ0v) is 8.18. The monoisotopic (exact) mass is 203 g/mol. The van der Waals surface area contributed by atoms with Gasteiger partial charge in [0.1, 0.15) is 0 Å². The molecule has 0 aliphatic rings. The van der Waals surface area contributed by atoms with Crippen LogP contribution >= 0.6 is 0 Å². The zero-order chi connectivity index (χ0) is 8.27. The number of pyridine rings is 1. The van der Waals surface area contributed by atoms with Gasteiger partial charge >= 0.3 is 74.7 Å². The van der Waals surface area contributed by atoms with Gasteiger partial charge in [-0.1, -0.05) is 0 Å². The number of ether oxygens (including phenoxy) is 1. The van der Waals surface area contributed by atoms with E-state index in [4.69, 9.17) is 0 Å². The Bertz CT molecular complexity index is 249. The SMILES string of the molecule is FC(F)Oc1c[c]([Mg+])ccn1.[Cl-]. The second-order valence-electron chi connectivity index (χ2n) is 1.88. The van der Waals surface area contributed by atoms with Gasteiger partial charge in [-0.2, -0.15) is 0 Å². The molecule has 12 heavy (non-hydrogen) atoms. The van der Waals surface area contributed by atoms with E-state index in [0.717, 1.165) is 3.69 Å². The molecule has 1 aromatic rings. The van der Waals surface area contributed by atoms with Gasteiger partial charge in [-0.3, -0.25) is 0 Å². The molecule has 1 heterocycles. The Labute approximate surface area is 87.2 Å². The Balaban J connectivity index is 0.00000121. The first-order chi connectivity index (χ1) is 5.18. The molecule has 0 atom stereocenters. The van der Waals surface area contributed by atoms with E-state index in [1.54, 1.807) is 27.8 Å². The fourth-order valence-corrected chi connectivity index (χ4v) is 0.886. The molecule has 0 saturated heterocycles. The van der Waals surface area contributed by atoms with Crippen LogP contribution < -0.4 is 20.8 Å². The van der Waals surface area contributed by atoms with Crippen molar-refractivity contribution in [1.29, 1.82) is 0 Å². The third-order valence-corrected chi connectivity index (χ3v) is 1.45. The molecular weight excluding hydrogens is 200 g/mol. The summed E-state index contributed by atoms with van der Waals surface area (Å²) in [5, 5.41) is 0. The smallest absolute Gasteiger partial charge is 1.00 e. The molecule has 0 bridgehead atoms. The Morgan fingerprint density at radius 1 is 1.50 bits per heavy atom. The maximum atomic E-state index is 11.6. The van der Waals surface area contributed by atoms with E-state index in [1.165, 1.54) is 12.3 Å². The van der Waals surface area contributed by atoms with Crippen LogP contribution in [0.15, 0.2) is 18.3 Å². The molecule has 0 aromatic carbocycles. The predicted octanol–water partition coefficient (Wildman–Crippen LogP) is -2.52. The van der Waals surface area contributed by atoms with E-state index in [2.05, 4.69) is 9.72 Å². The van der Waals surface area contributed by atoms with Gasteiger partial charge in [0.15, 0.2) is 0 Å². The Morgan fingerprint density at radius 2 is 2.17 bits per heavy atom. The normalized spacial score (nSPS) is 9.42. The van der Waals surface area contributed by atoms with Gasteiger partial charge in [0.2, 0.25) is 0 Å². The van der Waals surface area contributed by atoms with Gasteiger partial charge in [-0.15, -0.1) is 0 Å². The number of nitrogens with zero attached hydrogens (tertiary/aromatic N) is 1. The fraction of sp³-hybridized carbons (Fsp3) is 0.167. The second kappa shape index (κ2) is 5.50. The van der Waals surface area contributed by atoms with E-state index in [0.29, 0.717) is 0 Å². The molecule has 0 saturated carbocycles. The van der Waals surface area contributed by atoms with Crippen molar-refractivity contribution in [2.24, 2.45) is 0 Å². The van der Waals surface area contributed by atoms with Crippen LogP contribution in [0.2, 0.25) is 0 Å². The summed E-state index contributed by atoms with van der Waals surface area (Å²) in [5.74, 6) is -0.0347. The van der Waals surface area contributed by atoms with Crippen molar-refractivity contribution in [2.45, 2.75) is 6.61 Å². The fourth-order valence-electron chi connectivity index (χ4n) is 0.606. The first-order valence-corrected chi connectivity index (χ1v) is 3.62. The van der Waals surface area contributed by atoms with Crippen LogP contribution in [0.4, 0.5) is 8.78 Å². The number of aromatic nitrogens is 1. The average Bonchev–Trinajstić information content (AvgIpc) is 1.85. The molecule has 1 aromatic heterocycles. The summed E-state index contributed by atoms with van der Waals surface area (Å²) in [4.78, 5) is 3.58. The molecule has 1 rings (SSSR count). The summed E-state index contributed by atoms with van der Waals surface area (Å²) in [6.07, 6.45) is 1.43. The summed E-state index contributed by atoms with van der Waals surface area (Å²) in [6, 6.07) is 3.18. The molecular formula is C6H4ClF2MgNO. The van der Waals surface area contributed by atoms with Gasteiger partial charge in [0.05, 0.1) is 0 Å². The van der Waals surface area contributed by atoms with Crippen molar-refractivity contribution in [3.8, 4) is 5.88 Å². The minimum absolute atomic E-state index is 0. The molecule has 0 spiro atoms. The number of halogens is 3.